The topological polar surface area (TPSA) is 35.0 Å². The number of hydrogen-bond donors (Lipinski definition) is 0. The van der Waals surface area contributed by atoms with Gasteiger partial charge in [-0.3, -0.25) is 0 Å². The van der Waals surface area contributed by atoms with E-state index >= 15 is 0 Å². The van der Waals surface area contributed by atoms with Crippen LogP contribution in [-0.2, 0) is 4.74 Å². The lowest BCUT2D eigenvalue weighted by Gasteiger charge is -2.15. The predicted octanol–water partition coefficient (Wildman–Crippen LogP) is 4.66. The zero-order valence-electron chi connectivity index (χ0n) is 11.0. The van der Waals surface area contributed by atoms with Gasteiger partial charge >= 0.3 is 0 Å². The third-order valence-corrected chi connectivity index (χ3v) is 4.69. The molecule has 0 aliphatic heterocycles. The van der Waals surface area contributed by atoms with E-state index in [2.05, 4.69) is 25.9 Å². The van der Waals surface area contributed by atoms with Crippen molar-refractivity contribution in [2.75, 3.05) is 7.11 Å². The van der Waals surface area contributed by atoms with E-state index in [4.69, 9.17) is 16.3 Å². The smallest absolute Gasteiger partial charge is 0.159 e. The Bertz CT molecular complexity index is 617. The minimum atomic E-state index is -0.0666. The monoisotopic (exact) mass is 352 g/mol. The third kappa shape index (κ3) is 2.73. The van der Waals surface area contributed by atoms with Gasteiger partial charge < -0.3 is 4.74 Å². The van der Waals surface area contributed by atoms with Gasteiger partial charge in [-0.1, -0.05) is 41.9 Å². The molecule has 1 saturated carbocycles. The lowest BCUT2D eigenvalue weighted by Crippen LogP contribution is -2.10. The zero-order valence-corrected chi connectivity index (χ0v) is 13.4. The van der Waals surface area contributed by atoms with E-state index in [1.165, 1.54) is 0 Å². The number of rotatable bonds is 4. The van der Waals surface area contributed by atoms with Crippen molar-refractivity contribution < 1.29 is 4.74 Å². The summed E-state index contributed by atoms with van der Waals surface area (Å²) in [5.74, 6) is 1.18. The molecule has 3 rings (SSSR count). The lowest BCUT2D eigenvalue weighted by molar-refractivity contribution is 0.0773. The van der Waals surface area contributed by atoms with Crippen LogP contribution in [0.15, 0.2) is 34.8 Å². The van der Waals surface area contributed by atoms with Gasteiger partial charge in [-0.15, -0.1) is 0 Å². The summed E-state index contributed by atoms with van der Waals surface area (Å²) in [5.41, 5.74) is 1.82. The highest BCUT2D eigenvalue weighted by molar-refractivity contribution is 9.10. The maximum absolute atomic E-state index is 6.24. The molecule has 1 aliphatic rings. The van der Waals surface area contributed by atoms with E-state index in [1.54, 1.807) is 7.11 Å². The van der Waals surface area contributed by atoms with Crippen molar-refractivity contribution in [3.8, 4) is 11.3 Å². The summed E-state index contributed by atoms with van der Waals surface area (Å²) in [5, 5.41) is 0.427. The first-order valence-corrected chi connectivity index (χ1v) is 7.69. The van der Waals surface area contributed by atoms with Crippen LogP contribution in [0.2, 0.25) is 5.15 Å². The molecule has 5 heteroatoms. The van der Waals surface area contributed by atoms with Crippen LogP contribution in [0.4, 0.5) is 0 Å². The van der Waals surface area contributed by atoms with Crippen molar-refractivity contribution in [1.82, 2.24) is 9.97 Å². The van der Waals surface area contributed by atoms with Crippen molar-refractivity contribution in [3.05, 3.63) is 45.8 Å². The van der Waals surface area contributed by atoms with E-state index in [-0.39, 0.29) is 6.10 Å². The second-order valence-corrected chi connectivity index (χ2v) is 6.05. The molecule has 0 amide bonds. The molecule has 3 nitrogen and oxygen atoms in total. The van der Waals surface area contributed by atoms with Crippen LogP contribution in [-0.4, -0.2) is 17.1 Å². The zero-order chi connectivity index (χ0) is 14.1. The van der Waals surface area contributed by atoms with Gasteiger partial charge in [0.15, 0.2) is 5.82 Å². The van der Waals surface area contributed by atoms with E-state index in [9.17, 15) is 0 Å². The Morgan fingerprint density at radius 1 is 1.25 bits per heavy atom. The minimum Gasteiger partial charge on any atom is -0.373 e. The average Bonchev–Trinajstić information content (AvgIpc) is 3.29. The summed E-state index contributed by atoms with van der Waals surface area (Å²) in [6.45, 7) is 0. The van der Waals surface area contributed by atoms with E-state index in [0.29, 0.717) is 16.9 Å². The molecule has 0 bridgehead atoms. The molecule has 1 heterocycles. The number of ether oxygens (including phenoxy) is 1. The Labute approximate surface area is 131 Å². The van der Waals surface area contributed by atoms with Crippen LogP contribution < -0.4 is 0 Å². The molecule has 0 radical (unpaired) electrons. The van der Waals surface area contributed by atoms with Crippen LogP contribution in [0, 0.1) is 5.92 Å². The number of halogens is 2. The highest BCUT2D eigenvalue weighted by atomic mass is 79.9. The van der Waals surface area contributed by atoms with Gasteiger partial charge in [0, 0.05) is 12.7 Å². The molecule has 1 atom stereocenters. The second kappa shape index (κ2) is 5.80. The molecule has 1 aliphatic carbocycles. The normalized spacial score (nSPS) is 16.1. The SMILES string of the molecule is COC(c1nc(Cl)c(Br)c(-c2ccccc2)n1)C1CC1. The van der Waals surface area contributed by atoms with Crippen LogP contribution in [0.1, 0.15) is 24.8 Å². The lowest BCUT2D eigenvalue weighted by atomic mass is 10.1. The van der Waals surface area contributed by atoms with Crippen LogP contribution in [0.5, 0.6) is 0 Å². The molecule has 2 aromatic rings. The summed E-state index contributed by atoms with van der Waals surface area (Å²) in [7, 11) is 1.70. The molecule has 1 aromatic heterocycles. The standard InChI is InChI=1S/C15H14BrClN2O/c1-20-13(10-7-8-10)15-18-12(11(16)14(17)19-15)9-5-3-2-4-6-9/h2-6,10,13H,7-8H2,1H3. The summed E-state index contributed by atoms with van der Waals surface area (Å²) in [4.78, 5) is 9.04. The fourth-order valence-corrected chi connectivity index (χ4v) is 2.84. The van der Waals surface area contributed by atoms with Gasteiger partial charge in [0.25, 0.3) is 0 Å². The first kappa shape index (κ1) is 14.0. The maximum Gasteiger partial charge on any atom is 0.159 e. The fourth-order valence-electron chi connectivity index (χ4n) is 2.26. The van der Waals surface area contributed by atoms with E-state index in [0.717, 1.165) is 28.6 Å². The number of nitrogens with zero attached hydrogens (tertiary/aromatic N) is 2. The fraction of sp³-hybridized carbons (Fsp3) is 0.333. The Kier molecular flexibility index (Phi) is 4.06. The molecule has 1 aromatic carbocycles. The number of methoxy groups -OCH3 is 1. The predicted molar refractivity (Wildman–Crippen MR) is 82.7 cm³/mol. The van der Waals surface area contributed by atoms with E-state index < -0.39 is 0 Å². The molecular formula is C15H14BrClN2O. The van der Waals surface area contributed by atoms with Gasteiger partial charge in [-0.2, -0.15) is 0 Å². The molecule has 0 saturated heterocycles. The molecule has 1 fully saturated rings. The molecule has 0 spiro atoms. The van der Waals surface area contributed by atoms with Crippen molar-refractivity contribution in [1.29, 1.82) is 0 Å². The Morgan fingerprint density at radius 3 is 2.55 bits per heavy atom. The van der Waals surface area contributed by atoms with Gasteiger partial charge in [-0.25, -0.2) is 9.97 Å². The Balaban J connectivity index is 2.08. The summed E-state index contributed by atoms with van der Waals surface area (Å²) < 4.78 is 6.27. The second-order valence-electron chi connectivity index (χ2n) is 4.89. The molecular weight excluding hydrogens is 340 g/mol. The third-order valence-electron chi connectivity index (χ3n) is 3.43. The molecule has 1 unspecified atom stereocenters. The molecule has 20 heavy (non-hydrogen) atoms. The van der Waals surface area contributed by atoms with Crippen molar-refractivity contribution in [2.45, 2.75) is 18.9 Å². The molecule has 104 valence electrons. The summed E-state index contributed by atoms with van der Waals surface area (Å²) in [6.07, 6.45) is 2.26. The van der Waals surface area contributed by atoms with Gasteiger partial charge in [0.05, 0.1) is 10.2 Å². The highest BCUT2D eigenvalue weighted by Gasteiger charge is 2.35. The first-order chi connectivity index (χ1) is 9.70. The van der Waals surface area contributed by atoms with Crippen molar-refractivity contribution in [3.63, 3.8) is 0 Å². The Hall–Kier alpha value is -0.970. The summed E-state index contributed by atoms with van der Waals surface area (Å²) in [6, 6.07) is 9.94. The number of hydrogen-bond acceptors (Lipinski definition) is 3. The Morgan fingerprint density at radius 2 is 1.95 bits per heavy atom. The van der Waals surface area contributed by atoms with E-state index in [1.807, 2.05) is 30.3 Å². The quantitative estimate of drug-likeness (QED) is 0.750. The van der Waals surface area contributed by atoms with Gasteiger partial charge in [-0.05, 0) is 34.7 Å². The van der Waals surface area contributed by atoms with Gasteiger partial charge in [0.2, 0.25) is 0 Å². The number of aromatic nitrogens is 2. The highest BCUT2D eigenvalue weighted by Crippen LogP contribution is 2.43. The molecule has 0 N–H and O–H groups in total. The summed E-state index contributed by atoms with van der Waals surface area (Å²) >= 11 is 9.72. The van der Waals surface area contributed by atoms with Gasteiger partial charge in [0.1, 0.15) is 11.3 Å². The van der Waals surface area contributed by atoms with Crippen molar-refractivity contribution in [2.24, 2.45) is 5.92 Å². The van der Waals surface area contributed by atoms with Crippen LogP contribution >= 0.6 is 27.5 Å². The first-order valence-electron chi connectivity index (χ1n) is 6.52. The largest absolute Gasteiger partial charge is 0.373 e. The van der Waals surface area contributed by atoms with Crippen LogP contribution in [0.3, 0.4) is 0 Å². The number of benzene rings is 1. The van der Waals surface area contributed by atoms with Crippen molar-refractivity contribution >= 4 is 27.5 Å². The minimum absolute atomic E-state index is 0.0666. The average molecular weight is 354 g/mol. The van der Waals surface area contributed by atoms with Crippen LogP contribution in [0.25, 0.3) is 11.3 Å². The maximum atomic E-state index is 6.24.